The fourth-order valence-electron chi connectivity index (χ4n) is 2.53. The number of aryl methyl sites for hydroxylation is 2. The lowest BCUT2D eigenvalue weighted by atomic mass is 10.1. The molecule has 24 heavy (non-hydrogen) atoms. The molecule has 2 heterocycles. The maximum atomic E-state index is 13.2. The summed E-state index contributed by atoms with van der Waals surface area (Å²) in [5.41, 5.74) is 1.96. The van der Waals surface area contributed by atoms with Crippen LogP contribution < -0.4 is 5.32 Å². The number of benzene rings is 1. The topological polar surface area (TPSA) is 46.9 Å². The highest BCUT2D eigenvalue weighted by Gasteiger charge is 2.20. The van der Waals surface area contributed by atoms with Gasteiger partial charge in [0.1, 0.15) is 17.7 Å². The number of imidazole rings is 1. The summed E-state index contributed by atoms with van der Waals surface area (Å²) in [6.07, 6.45) is 4.61. The molecule has 0 aliphatic heterocycles. The molecule has 0 bridgehead atoms. The first-order valence-electron chi connectivity index (χ1n) is 7.66. The van der Waals surface area contributed by atoms with Gasteiger partial charge in [-0.1, -0.05) is 12.1 Å². The van der Waals surface area contributed by atoms with Crippen molar-refractivity contribution in [1.29, 1.82) is 0 Å². The first-order chi connectivity index (χ1) is 11.6. The number of nitrogens with one attached hydrogen (secondary N) is 1. The van der Waals surface area contributed by atoms with Crippen molar-refractivity contribution in [3.8, 4) is 0 Å². The number of aromatic nitrogens is 2. The van der Waals surface area contributed by atoms with Crippen molar-refractivity contribution in [1.82, 2.24) is 14.9 Å². The van der Waals surface area contributed by atoms with Gasteiger partial charge >= 0.3 is 0 Å². The lowest BCUT2D eigenvalue weighted by Crippen LogP contribution is -2.31. The molecule has 3 aromatic rings. The Bertz CT molecular complexity index is 796. The summed E-state index contributed by atoms with van der Waals surface area (Å²) < 4.78 is 15.1. The molecule has 6 heteroatoms. The van der Waals surface area contributed by atoms with Gasteiger partial charge in [0.05, 0.1) is 0 Å². The fraction of sp³-hybridized carbons (Fsp3) is 0.222. The average molecular weight is 343 g/mol. The van der Waals surface area contributed by atoms with Crippen molar-refractivity contribution < 1.29 is 9.18 Å². The highest BCUT2D eigenvalue weighted by molar-refractivity contribution is 7.07. The monoisotopic (exact) mass is 343 g/mol. The second kappa shape index (κ2) is 7.40. The minimum absolute atomic E-state index is 0.0569. The summed E-state index contributed by atoms with van der Waals surface area (Å²) in [6, 6.07) is 7.75. The Morgan fingerprint density at radius 2 is 2.12 bits per heavy atom. The van der Waals surface area contributed by atoms with Crippen molar-refractivity contribution >= 4 is 17.2 Å². The minimum atomic E-state index is -0.402. The lowest BCUT2D eigenvalue weighted by molar-refractivity contribution is -0.121. The van der Waals surface area contributed by atoms with Crippen LogP contribution in [0.3, 0.4) is 0 Å². The Morgan fingerprint density at radius 1 is 1.33 bits per heavy atom. The first-order valence-corrected chi connectivity index (χ1v) is 8.61. The molecule has 0 saturated heterocycles. The van der Waals surface area contributed by atoms with Crippen molar-refractivity contribution in [2.24, 2.45) is 7.05 Å². The smallest absolute Gasteiger partial charge is 0.221 e. The van der Waals surface area contributed by atoms with E-state index in [9.17, 15) is 9.18 Å². The van der Waals surface area contributed by atoms with Gasteiger partial charge in [-0.05, 0) is 46.5 Å². The van der Waals surface area contributed by atoms with E-state index in [1.165, 1.54) is 12.1 Å². The molecule has 124 valence electrons. The maximum Gasteiger partial charge on any atom is 0.221 e. The number of hydrogen-bond acceptors (Lipinski definition) is 3. The largest absolute Gasteiger partial charge is 0.342 e. The van der Waals surface area contributed by atoms with Crippen LogP contribution in [0.4, 0.5) is 4.39 Å². The van der Waals surface area contributed by atoms with E-state index in [0.29, 0.717) is 18.7 Å². The summed E-state index contributed by atoms with van der Waals surface area (Å²) in [4.78, 5) is 16.7. The number of amides is 1. The Morgan fingerprint density at radius 3 is 2.75 bits per heavy atom. The predicted molar refractivity (Wildman–Crippen MR) is 92.2 cm³/mol. The molecule has 0 spiro atoms. The molecule has 3 rings (SSSR count). The van der Waals surface area contributed by atoms with Crippen LogP contribution in [-0.2, 0) is 18.3 Å². The number of carbonyl (C=O) groups excluding carboxylic acids is 1. The highest BCUT2D eigenvalue weighted by atomic mass is 32.1. The molecule has 0 aliphatic rings. The Kier molecular flexibility index (Phi) is 5.05. The Labute approximate surface area is 144 Å². The molecule has 2 aromatic heterocycles. The molecular formula is C18H18FN3OS. The van der Waals surface area contributed by atoms with Crippen molar-refractivity contribution in [2.45, 2.75) is 18.9 Å². The van der Waals surface area contributed by atoms with Gasteiger partial charge in [0.2, 0.25) is 5.91 Å². The van der Waals surface area contributed by atoms with Gasteiger partial charge in [-0.15, -0.1) is 0 Å². The zero-order valence-electron chi connectivity index (χ0n) is 13.3. The predicted octanol–water partition coefficient (Wildman–Crippen LogP) is 3.46. The Balaban J connectivity index is 1.76. The third kappa shape index (κ3) is 3.89. The zero-order chi connectivity index (χ0) is 16.9. The molecule has 4 nitrogen and oxygen atoms in total. The van der Waals surface area contributed by atoms with Crippen molar-refractivity contribution in [2.75, 3.05) is 0 Å². The number of halogens is 1. The summed E-state index contributed by atoms with van der Waals surface area (Å²) >= 11 is 1.62. The van der Waals surface area contributed by atoms with Crippen LogP contribution in [0, 0.1) is 5.82 Å². The highest BCUT2D eigenvalue weighted by Crippen LogP contribution is 2.21. The third-order valence-corrected chi connectivity index (χ3v) is 4.58. The van der Waals surface area contributed by atoms with Gasteiger partial charge in [0, 0.05) is 25.9 Å². The van der Waals surface area contributed by atoms with Crippen LogP contribution in [0.2, 0.25) is 0 Å². The van der Waals surface area contributed by atoms with Gasteiger partial charge in [0.15, 0.2) is 0 Å². The van der Waals surface area contributed by atoms with Crippen molar-refractivity contribution in [3.05, 3.63) is 76.3 Å². The van der Waals surface area contributed by atoms with Crippen LogP contribution in [0.1, 0.15) is 29.4 Å². The molecule has 1 N–H and O–H groups in total. The number of rotatable bonds is 6. The van der Waals surface area contributed by atoms with Gasteiger partial charge in [0.25, 0.3) is 0 Å². The van der Waals surface area contributed by atoms with Crippen LogP contribution in [-0.4, -0.2) is 15.5 Å². The van der Waals surface area contributed by atoms with E-state index >= 15 is 0 Å². The van der Waals surface area contributed by atoms with Crippen LogP contribution in [0.5, 0.6) is 0 Å². The normalized spacial score (nSPS) is 12.1. The van der Waals surface area contributed by atoms with Gasteiger partial charge in [-0.2, -0.15) is 11.3 Å². The molecule has 1 amide bonds. The molecule has 1 unspecified atom stereocenters. The van der Waals surface area contributed by atoms with E-state index in [4.69, 9.17) is 0 Å². The van der Waals surface area contributed by atoms with Crippen LogP contribution in [0.15, 0.2) is 53.5 Å². The summed E-state index contributed by atoms with van der Waals surface area (Å²) in [5, 5.41) is 7.06. The molecular weight excluding hydrogens is 325 g/mol. The standard InChI is InChI=1S/C18H18FN3OS/c1-22-10-9-20-18(22)17(14-3-5-15(19)6-4-14)21-16(23)7-2-13-8-11-24-12-13/h3-6,8-12,17H,2,7H2,1H3,(H,21,23). The second-order valence-corrected chi connectivity index (χ2v) is 6.36. The molecule has 0 fully saturated rings. The first kappa shape index (κ1) is 16.4. The SMILES string of the molecule is Cn1ccnc1C(NC(=O)CCc1ccsc1)c1ccc(F)cc1. The van der Waals surface area contributed by atoms with Gasteiger partial charge in [-0.25, -0.2) is 9.37 Å². The van der Waals surface area contributed by atoms with Crippen LogP contribution >= 0.6 is 11.3 Å². The minimum Gasteiger partial charge on any atom is -0.342 e. The number of thiophene rings is 1. The number of hydrogen-bond donors (Lipinski definition) is 1. The summed E-state index contributed by atoms with van der Waals surface area (Å²) in [7, 11) is 1.87. The molecule has 0 saturated carbocycles. The molecule has 0 radical (unpaired) electrons. The van der Waals surface area contributed by atoms with E-state index in [2.05, 4.69) is 10.3 Å². The Hall–Kier alpha value is -2.47. The molecule has 0 aliphatic carbocycles. The third-order valence-electron chi connectivity index (χ3n) is 3.85. The fourth-order valence-corrected chi connectivity index (χ4v) is 3.24. The number of nitrogens with zero attached hydrogens (tertiary/aromatic N) is 2. The molecule has 1 aromatic carbocycles. The maximum absolute atomic E-state index is 13.2. The van der Waals surface area contributed by atoms with Gasteiger partial charge < -0.3 is 9.88 Å². The van der Waals surface area contributed by atoms with Crippen LogP contribution in [0.25, 0.3) is 0 Å². The van der Waals surface area contributed by atoms with E-state index in [1.807, 2.05) is 34.6 Å². The summed E-state index contributed by atoms with van der Waals surface area (Å²) in [5.74, 6) is 0.352. The van der Waals surface area contributed by atoms with E-state index in [1.54, 1.807) is 29.7 Å². The van der Waals surface area contributed by atoms with E-state index < -0.39 is 6.04 Å². The van der Waals surface area contributed by atoms with Crippen molar-refractivity contribution in [3.63, 3.8) is 0 Å². The number of carbonyl (C=O) groups is 1. The zero-order valence-corrected chi connectivity index (χ0v) is 14.1. The molecule has 1 atom stereocenters. The van der Waals surface area contributed by atoms with E-state index in [-0.39, 0.29) is 11.7 Å². The lowest BCUT2D eigenvalue weighted by Gasteiger charge is -2.19. The quantitative estimate of drug-likeness (QED) is 0.745. The summed E-state index contributed by atoms with van der Waals surface area (Å²) in [6.45, 7) is 0. The van der Waals surface area contributed by atoms with E-state index in [0.717, 1.165) is 11.1 Å². The second-order valence-electron chi connectivity index (χ2n) is 5.58. The average Bonchev–Trinajstić information content (AvgIpc) is 3.23. The van der Waals surface area contributed by atoms with Gasteiger partial charge in [-0.3, -0.25) is 4.79 Å².